The summed E-state index contributed by atoms with van der Waals surface area (Å²) < 4.78 is 33.4. The molecule has 1 unspecified atom stereocenters. The molecule has 1 aromatic carbocycles. The van der Waals surface area contributed by atoms with Crippen LogP contribution in [0.3, 0.4) is 0 Å². The first-order chi connectivity index (χ1) is 9.36. The summed E-state index contributed by atoms with van der Waals surface area (Å²) in [6.45, 7) is 5.09. The molecule has 6 heteroatoms. The van der Waals surface area contributed by atoms with Crippen molar-refractivity contribution in [3.05, 3.63) is 29.3 Å². The van der Waals surface area contributed by atoms with Crippen LogP contribution in [-0.2, 0) is 21.3 Å². The first-order valence-corrected chi connectivity index (χ1v) is 8.26. The van der Waals surface area contributed by atoms with E-state index >= 15 is 0 Å². The topological polar surface area (TPSA) is 81.4 Å². The van der Waals surface area contributed by atoms with Crippen molar-refractivity contribution in [3.63, 3.8) is 0 Å². The Bertz CT molecular complexity index is 578. The van der Waals surface area contributed by atoms with Crippen molar-refractivity contribution in [2.24, 2.45) is 5.73 Å². The number of hydrogen-bond acceptors (Lipinski definition) is 4. The van der Waals surface area contributed by atoms with Gasteiger partial charge in [-0.3, -0.25) is 0 Å². The summed E-state index contributed by atoms with van der Waals surface area (Å²) in [5.41, 5.74) is 6.57. The molecule has 0 radical (unpaired) electrons. The van der Waals surface area contributed by atoms with E-state index in [1.807, 2.05) is 13.0 Å². The summed E-state index contributed by atoms with van der Waals surface area (Å²) in [5, 5.41) is 0. The zero-order valence-corrected chi connectivity index (χ0v) is 12.8. The molecule has 0 aromatic heterocycles. The van der Waals surface area contributed by atoms with Gasteiger partial charge in [0, 0.05) is 13.2 Å². The Hall–Kier alpha value is -0.950. The van der Waals surface area contributed by atoms with Gasteiger partial charge in [-0.1, -0.05) is 12.1 Å². The average Bonchev–Trinajstić information content (AvgIpc) is 2.38. The van der Waals surface area contributed by atoms with E-state index in [4.69, 9.17) is 10.5 Å². The predicted octanol–water partition coefficient (Wildman–Crippen LogP) is 1.30. The molecule has 0 spiro atoms. The minimum absolute atomic E-state index is 0.298. The van der Waals surface area contributed by atoms with E-state index in [9.17, 15) is 8.42 Å². The molecule has 2 rings (SSSR count). The lowest BCUT2D eigenvalue weighted by atomic mass is 9.97. The molecular formula is C14H22N2O3S. The molecule has 1 aliphatic heterocycles. The van der Waals surface area contributed by atoms with Crippen LogP contribution in [0.5, 0.6) is 0 Å². The lowest BCUT2D eigenvalue weighted by Crippen LogP contribution is -2.51. The van der Waals surface area contributed by atoms with E-state index in [2.05, 4.69) is 4.72 Å². The third kappa shape index (κ3) is 3.38. The van der Waals surface area contributed by atoms with E-state index in [-0.39, 0.29) is 0 Å². The van der Waals surface area contributed by atoms with Crippen LogP contribution in [0.1, 0.15) is 30.9 Å². The summed E-state index contributed by atoms with van der Waals surface area (Å²) in [7, 11) is -3.57. The van der Waals surface area contributed by atoms with Gasteiger partial charge in [-0.2, -0.15) is 0 Å². The second-order valence-electron chi connectivity index (χ2n) is 5.63. The summed E-state index contributed by atoms with van der Waals surface area (Å²) in [4.78, 5) is 0.298. The monoisotopic (exact) mass is 298 g/mol. The second-order valence-corrected chi connectivity index (χ2v) is 7.28. The molecule has 0 bridgehead atoms. The van der Waals surface area contributed by atoms with Crippen LogP contribution < -0.4 is 10.5 Å². The van der Waals surface area contributed by atoms with E-state index in [1.54, 1.807) is 19.1 Å². The number of sulfonamides is 1. The van der Waals surface area contributed by atoms with Crippen LogP contribution in [0.2, 0.25) is 0 Å². The maximum absolute atomic E-state index is 12.6. The van der Waals surface area contributed by atoms with Crippen molar-refractivity contribution < 1.29 is 13.2 Å². The minimum atomic E-state index is -3.57. The Morgan fingerprint density at radius 1 is 1.45 bits per heavy atom. The van der Waals surface area contributed by atoms with Crippen molar-refractivity contribution in [1.29, 1.82) is 0 Å². The number of nitrogens with one attached hydrogen (secondary N) is 1. The van der Waals surface area contributed by atoms with Crippen molar-refractivity contribution in [3.8, 4) is 0 Å². The van der Waals surface area contributed by atoms with E-state index < -0.39 is 15.6 Å². The highest BCUT2D eigenvalue weighted by Crippen LogP contribution is 2.23. The normalized spacial score (nSPS) is 23.8. The van der Waals surface area contributed by atoms with Crippen molar-refractivity contribution >= 4 is 10.0 Å². The second kappa shape index (κ2) is 5.81. The molecule has 5 nitrogen and oxygen atoms in total. The van der Waals surface area contributed by atoms with Crippen LogP contribution in [0.15, 0.2) is 23.1 Å². The zero-order valence-electron chi connectivity index (χ0n) is 12.0. The van der Waals surface area contributed by atoms with Gasteiger partial charge in [0.25, 0.3) is 0 Å². The smallest absolute Gasteiger partial charge is 0.241 e. The van der Waals surface area contributed by atoms with Gasteiger partial charge in [-0.25, -0.2) is 13.1 Å². The lowest BCUT2D eigenvalue weighted by Gasteiger charge is -2.34. The zero-order chi connectivity index (χ0) is 14.8. The predicted molar refractivity (Wildman–Crippen MR) is 77.8 cm³/mol. The van der Waals surface area contributed by atoms with Crippen LogP contribution >= 0.6 is 0 Å². The molecular weight excluding hydrogens is 276 g/mol. The number of ether oxygens (including phenoxy) is 1. The number of hydrogen-bond donors (Lipinski definition) is 2. The molecule has 0 saturated carbocycles. The molecule has 20 heavy (non-hydrogen) atoms. The summed E-state index contributed by atoms with van der Waals surface area (Å²) in [6, 6.07) is 5.28. The van der Waals surface area contributed by atoms with Gasteiger partial charge in [0.05, 0.1) is 17.0 Å². The standard InChI is InChI=1S/C14H22N2O3S/c1-11-4-5-12(9-15)8-13(11)20(17,18)16-14(2)6-3-7-19-10-14/h4-5,8,16H,3,6-7,9-10,15H2,1-2H3. The fraction of sp³-hybridized carbons (Fsp3) is 0.571. The lowest BCUT2D eigenvalue weighted by molar-refractivity contribution is 0.0386. The van der Waals surface area contributed by atoms with E-state index in [0.717, 1.165) is 24.0 Å². The number of rotatable bonds is 4. The Labute approximate surface area is 120 Å². The van der Waals surface area contributed by atoms with E-state index in [0.29, 0.717) is 24.7 Å². The molecule has 1 aliphatic rings. The van der Waals surface area contributed by atoms with Gasteiger partial charge in [-0.05, 0) is 43.9 Å². The number of nitrogens with two attached hydrogens (primary N) is 1. The molecule has 1 aromatic rings. The first-order valence-electron chi connectivity index (χ1n) is 6.78. The van der Waals surface area contributed by atoms with Gasteiger partial charge in [-0.15, -0.1) is 0 Å². The molecule has 1 atom stereocenters. The highest BCUT2D eigenvalue weighted by atomic mass is 32.2. The maximum atomic E-state index is 12.6. The third-order valence-electron chi connectivity index (χ3n) is 3.60. The summed E-state index contributed by atoms with van der Waals surface area (Å²) in [5.74, 6) is 0. The fourth-order valence-corrected chi connectivity index (χ4v) is 4.17. The average molecular weight is 298 g/mol. The number of aryl methyl sites for hydroxylation is 1. The fourth-order valence-electron chi connectivity index (χ4n) is 2.45. The van der Waals surface area contributed by atoms with Crippen molar-refractivity contribution in [1.82, 2.24) is 4.72 Å². The largest absolute Gasteiger partial charge is 0.380 e. The van der Waals surface area contributed by atoms with Crippen LogP contribution in [0.25, 0.3) is 0 Å². The van der Waals surface area contributed by atoms with E-state index in [1.165, 1.54) is 0 Å². The maximum Gasteiger partial charge on any atom is 0.241 e. The van der Waals surface area contributed by atoms with Gasteiger partial charge in [0.2, 0.25) is 10.0 Å². The molecule has 0 amide bonds. The molecule has 3 N–H and O–H groups in total. The highest BCUT2D eigenvalue weighted by molar-refractivity contribution is 7.89. The van der Waals surface area contributed by atoms with Gasteiger partial charge < -0.3 is 10.5 Å². The highest BCUT2D eigenvalue weighted by Gasteiger charge is 2.33. The van der Waals surface area contributed by atoms with Crippen LogP contribution in [-0.4, -0.2) is 27.2 Å². The Balaban J connectivity index is 2.30. The third-order valence-corrected chi connectivity index (χ3v) is 5.38. The van der Waals surface area contributed by atoms with Crippen LogP contribution in [0, 0.1) is 6.92 Å². The summed E-state index contributed by atoms with van der Waals surface area (Å²) >= 11 is 0. The summed E-state index contributed by atoms with van der Waals surface area (Å²) in [6.07, 6.45) is 1.64. The molecule has 1 saturated heterocycles. The Morgan fingerprint density at radius 3 is 2.80 bits per heavy atom. The van der Waals surface area contributed by atoms with Gasteiger partial charge >= 0.3 is 0 Å². The Kier molecular flexibility index (Phi) is 4.49. The SMILES string of the molecule is Cc1ccc(CN)cc1S(=O)(=O)NC1(C)CCCOC1. The van der Waals surface area contributed by atoms with Gasteiger partial charge in [0.15, 0.2) is 0 Å². The minimum Gasteiger partial charge on any atom is -0.380 e. The first kappa shape index (κ1) is 15.4. The molecule has 0 aliphatic carbocycles. The Morgan fingerprint density at radius 2 is 2.20 bits per heavy atom. The number of benzene rings is 1. The van der Waals surface area contributed by atoms with Crippen molar-refractivity contribution in [2.75, 3.05) is 13.2 Å². The molecule has 1 heterocycles. The van der Waals surface area contributed by atoms with Gasteiger partial charge in [0.1, 0.15) is 0 Å². The van der Waals surface area contributed by atoms with Crippen LogP contribution in [0.4, 0.5) is 0 Å². The molecule has 1 fully saturated rings. The van der Waals surface area contributed by atoms with Crippen molar-refractivity contribution in [2.45, 2.75) is 43.7 Å². The quantitative estimate of drug-likeness (QED) is 0.878. The molecule has 112 valence electrons.